The first-order chi connectivity index (χ1) is 12.2. The van der Waals surface area contributed by atoms with Crippen molar-refractivity contribution in [1.82, 2.24) is 4.90 Å². The molecule has 0 spiro atoms. The van der Waals surface area contributed by atoms with Gasteiger partial charge in [-0.25, -0.2) is 0 Å². The molecule has 0 N–H and O–H groups in total. The van der Waals surface area contributed by atoms with Crippen LogP contribution in [0.15, 0.2) is 48.5 Å². The smallest absolute Gasteiger partial charge is 0.123 e. The number of hydrogen-bond acceptors (Lipinski definition) is 4. The van der Waals surface area contributed by atoms with Gasteiger partial charge in [0.2, 0.25) is 0 Å². The van der Waals surface area contributed by atoms with Gasteiger partial charge in [-0.2, -0.15) is 0 Å². The van der Waals surface area contributed by atoms with Crippen LogP contribution < -0.4 is 9.47 Å². The van der Waals surface area contributed by atoms with Crippen molar-refractivity contribution in [3.05, 3.63) is 59.7 Å². The van der Waals surface area contributed by atoms with Crippen molar-refractivity contribution in [3.63, 3.8) is 0 Å². The van der Waals surface area contributed by atoms with Gasteiger partial charge in [-0.05, 0) is 30.2 Å². The topological polar surface area (TPSA) is 30.9 Å². The second kappa shape index (κ2) is 8.88. The number of methoxy groups -OCH3 is 1. The highest BCUT2D eigenvalue weighted by Crippen LogP contribution is 2.21. The lowest BCUT2D eigenvalue weighted by Crippen LogP contribution is -2.35. The lowest BCUT2D eigenvalue weighted by molar-refractivity contribution is 0.0342. The van der Waals surface area contributed by atoms with Crippen LogP contribution >= 0.6 is 0 Å². The Morgan fingerprint density at radius 1 is 1.00 bits per heavy atom. The van der Waals surface area contributed by atoms with Gasteiger partial charge in [0, 0.05) is 32.1 Å². The number of morpholine rings is 1. The summed E-state index contributed by atoms with van der Waals surface area (Å²) in [6, 6.07) is 16.6. The molecular weight excluding hydrogens is 314 g/mol. The first kappa shape index (κ1) is 17.8. The van der Waals surface area contributed by atoms with E-state index >= 15 is 0 Å². The quantitative estimate of drug-likeness (QED) is 0.771. The van der Waals surface area contributed by atoms with Gasteiger partial charge in [0.05, 0.1) is 26.4 Å². The van der Waals surface area contributed by atoms with Gasteiger partial charge < -0.3 is 14.2 Å². The molecule has 0 bridgehead atoms. The van der Waals surface area contributed by atoms with Gasteiger partial charge in [-0.3, -0.25) is 4.90 Å². The maximum atomic E-state index is 6.01. The Balaban J connectivity index is 1.51. The molecule has 0 aliphatic carbocycles. The number of nitrogens with zero attached hydrogens (tertiary/aromatic N) is 1. The summed E-state index contributed by atoms with van der Waals surface area (Å²) < 4.78 is 16.6. The zero-order valence-electron chi connectivity index (χ0n) is 15.1. The second-order valence-electron chi connectivity index (χ2n) is 6.52. The molecule has 1 heterocycles. The fourth-order valence-electron chi connectivity index (χ4n) is 3.08. The Morgan fingerprint density at radius 2 is 1.68 bits per heavy atom. The Kier molecular flexibility index (Phi) is 6.31. The summed E-state index contributed by atoms with van der Waals surface area (Å²) in [7, 11) is 1.67. The van der Waals surface area contributed by atoms with Crippen molar-refractivity contribution >= 4 is 0 Å². The third-order valence-corrected chi connectivity index (χ3v) is 4.43. The molecule has 1 unspecified atom stereocenters. The van der Waals surface area contributed by atoms with Crippen LogP contribution in [-0.4, -0.2) is 44.4 Å². The van der Waals surface area contributed by atoms with Crippen LogP contribution in [0.5, 0.6) is 11.5 Å². The van der Waals surface area contributed by atoms with Crippen LogP contribution in [0.2, 0.25) is 0 Å². The summed E-state index contributed by atoms with van der Waals surface area (Å²) in [6.07, 6.45) is 0.992. The van der Waals surface area contributed by atoms with Gasteiger partial charge in [0.1, 0.15) is 11.5 Å². The molecule has 1 atom stereocenters. The maximum Gasteiger partial charge on any atom is 0.123 e. The molecule has 2 aromatic rings. The molecule has 1 fully saturated rings. The standard InChI is InChI=1S/C21H27NO3/c1-17(25-21-5-3-4-20(15-21)23-2)14-18-6-8-19(9-7-18)16-22-10-12-24-13-11-22/h3-9,15,17H,10-14,16H2,1-2H3. The highest BCUT2D eigenvalue weighted by Gasteiger charge is 2.11. The Labute approximate surface area is 150 Å². The molecular formula is C21H27NO3. The third kappa shape index (κ3) is 5.48. The molecule has 4 heteroatoms. The van der Waals surface area contributed by atoms with E-state index in [-0.39, 0.29) is 6.10 Å². The molecule has 1 aliphatic rings. The van der Waals surface area contributed by atoms with Crippen molar-refractivity contribution in [1.29, 1.82) is 0 Å². The molecule has 0 aromatic heterocycles. The molecule has 1 saturated heterocycles. The fraction of sp³-hybridized carbons (Fsp3) is 0.429. The van der Waals surface area contributed by atoms with Crippen molar-refractivity contribution in [3.8, 4) is 11.5 Å². The van der Waals surface area contributed by atoms with Gasteiger partial charge >= 0.3 is 0 Å². The van der Waals surface area contributed by atoms with Crippen LogP contribution in [-0.2, 0) is 17.7 Å². The monoisotopic (exact) mass is 341 g/mol. The summed E-state index contributed by atoms with van der Waals surface area (Å²) in [5.41, 5.74) is 2.65. The van der Waals surface area contributed by atoms with E-state index in [0.29, 0.717) is 0 Å². The second-order valence-corrected chi connectivity index (χ2v) is 6.52. The van der Waals surface area contributed by atoms with E-state index in [0.717, 1.165) is 50.8 Å². The molecule has 0 amide bonds. The lowest BCUT2D eigenvalue weighted by atomic mass is 10.1. The minimum absolute atomic E-state index is 0.109. The number of hydrogen-bond donors (Lipinski definition) is 0. The van der Waals surface area contributed by atoms with Crippen molar-refractivity contribution in [2.45, 2.75) is 26.0 Å². The zero-order chi connectivity index (χ0) is 17.5. The minimum atomic E-state index is 0.109. The van der Waals surface area contributed by atoms with E-state index in [4.69, 9.17) is 14.2 Å². The first-order valence-electron chi connectivity index (χ1n) is 8.91. The molecule has 134 valence electrons. The first-order valence-corrected chi connectivity index (χ1v) is 8.91. The summed E-state index contributed by atoms with van der Waals surface area (Å²) in [5, 5.41) is 0. The SMILES string of the molecule is COc1cccc(OC(C)Cc2ccc(CN3CCOCC3)cc2)c1. The Morgan fingerprint density at radius 3 is 2.40 bits per heavy atom. The Bertz CT molecular complexity index is 650. The number of benzene rings is 2. The maximum absolute atomic E-state index is 6.01. The van der Waals surface area contributed by atoms with Crippen LogP contribution in [0, 0.1) is 0 Å². The average molecular weight is 341 g/mol. The predicted molar refractivity (Wildman–Crippen MR) is 99.3 cm³/mol. The average Bonchev–Trinajstić information content (AvgIpc) is 2.64. The van der Waals surface area contributed by atoms with E-state index < -0.39 is 0 Å². The van der Waals surface area contributed by atoms with E-state index in [2.05, 4.69) is 36.1 Å². The Hall–Kier alpha value is -2.04. The largest absolute Gasteiger partial charge is 0.497 e. The van der Waals surface area contributed by atoms with Crippen molar-refractivity contribution in [2.24, 2.45) is 0 Å². The van der Waals surface area contributed by atoms with Gasteiger partial charge in [0.15, 0.2) is 0 Å². The summed E-state index contributed by atoms with van der Waals surface area (Å²) >= 11 is 0. The molecule has 3 rings (SSSR count). The van der Waals surface area contributed by atoms with Gasteiger partial charge in [-0.1, -0.05) is 30.3 Å². The van der Waals surface area contributed by atoms with E-state index in [1.54, 1.807) is 7.11 Å². The van der Waals surface area contributed by atoms with E-state index in [1.165, 1.54) is 11.1 Å². The highest BCUT2D eigenvalue weighted by molar-refractivity contribution is 5.33. The molecule has 1 aliphatic heterocycles. The highest BCUT2D eigenvalue weighted by atomic mass is 16.5. The molecule has 0 saturated carbocycles. The molecule has 0 radical (unpaired) electrons. The zero-order valence-corrected chi connectivity index (χ0v) is 15.1. The summed E-state index contributed by atoms with van der Waals surface area (Å²) in [5.74, 6) is 1.66. The van der Waals surface area contributed by atoms with Crippen molar-refractivity contribution in [2.75, 3.05) is 33.4 Å². The lowest BCUT2D eigenvalue weighted by Gasteiger charge is -2.26. The summed E-state index contributed by atoms with van der Waals surface area (Å²) in [4.78, 5) is 2.44. The van der Waals surface area contributed by atoms with E-state index in [1.807, 2.05) is 24.3 Å². The molecule has 25 heavy (non-hydrogen) atoms. The molecule has 4 nitrogen and oxygen atoms in total. The third-order valence-electron chi connectivity index (χ3n) is 4.43. The normalized spacial score (nSPS) is 16.4. The van der Waals surface area contributed by atoms with Gasteiger partial charge in [0.25, 0.3) is 0 Å². The van der Waals surface area contributed by atoms with Crippen LogP contribution in [0.3, 0.4) is 0 Å². The van der Waals surface area contributed by atoms with Crippen LogP contribution in [0.4, 0.5) is 0 Å². The summed E-state index contributed by atoms with van der Waals surface area (Å²) in [6.45, 7) is 6.83. The van der Waals surface area contributed by atoms with Crippen LogP contribution in [0.1, 0.15) is 18.1 Å². The van der Waals surface area contributed by atoms with Crippen LogP contribution in [0.25, 0.3) is 0 Å². The number of ether oxygens (including phenoxy) is 3. The fourth-order valence-corrected chi connectivity index (χ4v) is 3.08. The molecule has 2 aromatic carbocycles. The number of rotatable bonds is 7. The minimum Gasteiger partial charge on any atom is -0.497 e. The van der Waals surface area contributed by atoms with Gasteiger partial charge in [-0.15, -0.1) is 0 Å². The predicted octanol–water partition coefficient (Wildman–Crippen LogP) is 3.54. The van der Waals surface area contributed by atoms with Crippen molar-refractivity contribution < 1.29 is 14.2 Å². The van der Waals surface area contributed by atoms with E-state index in [9.17, 15) is 0 Å².